The fraction of sp³-hybridized carbons (Fsp3) is 0.455. The standard InChI is InChI=1S/C11H14ClN3O/c1-3-9(7-16-2)14-11-5-8(6-13)4-10(12)15-11/h4-5,9H,3,7H2,1-2H3,(H,14,15). The second-order valence-corrected chi connectivity index (χ2v) is 3.77. The monoisotopic (exact) mass is 239 g/mol. The normalized spacial score (nSPS) is 11.9. The fourth-order valence-electron chi connectivity index (χ4n) is 1.31. The third-order valence-corrected chi connectivity index (χ3v) is 2.33. The van der Waals surface area contributed by atoms with Gasteiger partial charge in [0.1, 0.15) is 11.0 Å². The van der Waals surface area contributed by atoms with Crippen molar-refractivity contribution in [2.75, 3.05) is 19.0 Å². The molecule has 0 saturated heterocycles. The lowest BCUT2D eigenvalue weighted by Crippen LogP contribution is -2.24. The highest BCUT2D eigenvalue weighted by atomic mass is 35.5. The first kappa shape index (κ1) is 12.8. The predicted molar refractivity (Wildman–Crippen MR) is 63.5 cm³/mol. The van der Waals surface area contributed by atoms with E-state index in [0.29, 0.717) is 23.1 Å². The van der Waals surface area contributed by atoms with Crippen molar-refractivity contribution in [1.29, 1.82) is 5.26 Å². The van der Waals surface area contributed by atoms with Crippen LogP contribution >= 0.6 is 11.6 Å². The summed E-state index contributed by atoms with van der Waals surface area (Å²) in [5.74, 6) is 0.605. The predicted octanol–water partition coefficient (Wildman–Crippen LogP) is 2.44. The van der Waals surface area contributed by atoms with E-state index >= 15 is 0 Å². The van der Waals surface area contributed by atoms with Crippen molar-refractivity contribution in [3.8, 4) is 6.07 Å². The number of anilines is 1. The molecular formula is C11H14ClN3O. The molecule has 0 radical (unpaired) electrons. The van der Waals surface area contributed by atoms with Crippen LogP contribution < -0.4 is 5.32 Å². The van der Waals surface area contributed by atoms with E-state index in [1.807, 2.05) is 13.0 Å². The van der Waals surface area contributed by atoms with Gasteiger partial charge in [0, 0.05) is 7.11 Å². The van der Waals surface area contributed by atoms with Crippen LogP contribution in [0.4, 0.5) is 5.82 Å². The Balaban J connectivity index is 2.80. The number of aromatic nitrogens is 1. The van der Waals surface area contributed by atoms with Gasteiger partial charge < -0.3 is 10.1 Å². The summed E-state index contributed by atoms with van der Waals surface area (Å²) in [5.41, 5.74) is 0.495. The van der Waals surface area contributed by atoms with Crippen LogP contribution in [0.2, 0.25) is 5.15 Å². The van der Waals surface area contributed by atoms with Gasteiger partial charge in [0.25, 0.3) is 0 Å². The number of pyridine rings is 1. The van der Waals surface area contributed by atoms with Crippen LogP contribution in [-0.2, 0) is 4.74 Å². The van der Waals surface area contributed by atoms with Gasteiger partial charge in [0.15, 0.2) is 0 Å². The molecule has 0 bridgehead atoms. The molecule has 0 amide bonds. The zero-order valence-electron chi connectivity index (χ0n) is 9.33. The third-order valence-electron chi connectivity index (χ3n) is 2.14. The number of hydrogen-bond acceptors (Lipinski definition) is 4. The molecule has 0 aliphatic heterocycles. The molecule has 0 aromatic carbocycles. The molecule has 0 saturated carbocycles. The summed E-state index contributed by atoms with van der Waals surface area (Å²) >= 11 is 5.80. The maximum Gasteiger partial charge on any atom is 0.132 e. The molecule has 1 N–H and O–H groups in total. The summed E-state index contributed by atoms with van der Waals surface area (Å²) in [5, 5.41) is 12.3. The number of halogens is 1. The van der Waals surface area contributed by atoms with Crippen molar-refractivity contribution < 1.29 is 4.74 Å². The maximum atomic E-state index is 8.79. The molecule has 1 rings (SSSR count). The quantitative estimate of drug-likeness (QED) is 0.802. The number of rotatable bonds is 5. The first-order valence-corrected chi connectivity index (χ1v) is 5.40. The summed E-state index contributed by atoms with van der Waals surface area (Å²) in [7, 11) is 1.65. The van der Waals surface area contributed by atoms with Gasteiger partial charge in [-0.25, -0.2) is 4.98 Å². The second kappa shape index (κ2) is 6.31. The minimum Gasteiger partial charge on any atom is -0.383 e. The number of ether oxygens (including phenoxy) is 1. The first-order chi connectivity index (χ1) is 7.69. The number of nitriles is 1. The van der Waals surface area contributed by atoms with Gasteiger partial charge in [-0.3, -0.25) is 0 Å². The average Bonchev–Trinajstić information content (AvgIpc) is 2.27. The summed E-state index contributed by atoms with van der Waals surface area (Å²) in [6.07, 6.45) is 0.907. The smallest absolute Gasteiger partial charge is 0.132 e. The zero-order valence-corrected chi connectivity index (χ0v) is 10.1. The second-order valence-electron chi connectivity index (χ2n) is 3.38. The van der Waals surface area contributed by atoms with E-state index in [0.717, 1.165) is 6.42 Å². The van der Waals surface area contributed by atoms with Crippen LogP contribution in [0, 0.1) is 11.3 Å². The highest BCUT2D eigenvalue weighted by molar-refractivity contribution is 6.29. The highest BCUT2D eigenvalue weighted by Crippen LogP contribution is 2.15. The molecule has 0 aliphatic rings. The number of methoxy groups -OCH3 is 1. The van der Waals surface area contributed by atoms with Gasteiger partial charge in [-0.2, -0.15) is 5.26 Å². The van der Waals surface area contributed by atoms with Gasteiger partial charge >= 0.3 is 0 Å². The van der Waals surface area contributed by atoms with E-state index in [1.54, 1.807) is 13.2 Å². The van der Waals surface area contributed by atoms with Gasteiger partial charge in [0.2, 0.25) is 0 Å². The molecule has 0 fully saturated rings. The van der Waals surface area contributed by atoms with Crippen molar-refractivity contribution >= 4 is 17.4 Å². The van der Waals surface area contributed by atoms with Gasteiger partial charge in [-0.1, -0.05) is 18.5 Å². The van der Waals surface area contributed by atoms with Gasteiger partial charge in [-0.05, 0) is 18.6 Å². The van der Waals surface area contributed by atoms with E-state index in [9.17, 15) is 0 Å². The molecule has 16 heavy (non-hydrogen) atoms. The summed E-state index contributed by atoms with van der Waals surface area (Å²) < 4.78 is 5.07. The van der Waals surface area contributed by atoms with E-state index < -0.39 is 0 Å². The summed E-state index contributed by atoms with van der Waals surface area (Å²) in [4.78, 5) is 4.10. The molecule has 1 atom stereocenters. The number of nitrogens with one attached hydrogen (secondary N) is 1. The zero-order chi connectivity index (χ0) is 12.0. The first-order valence-electron chi connectivity index (χ1n) is 5.02. The Kier molecular flexibility index (Phi) is 5.03. The Labute approximate surface area is 100 Å². The Morgan fingerprint density at radius 2 is 2.38 bits per heavy atom. The minimum atomic E-state index is 0.169. The van der Waals surface area contributed by atoms with Crippen LogP contribution in [0.5, 0.6) is 0 Å². The van der Waals surface area contributed by atoms with Crippen LogP contribution in [0.25, 0.3) is 0 Å². The number of hydrogen-bond donors (Lipinski definition) is 1. The van der Waals surface area contributed by atoms with E-state index in [2.05, 4.69) is 10.3 Å². The van der Waals surface area contributed by atoms with Crippen LogP contribution in [0.3, 0.4) is 0 Å². The molecule has 1 unspecified atom stereocenters. The van der Waals surface area contributed by atoms with Gasteiger partial charge in [0.05, 0.1) is 24.3 Å². The van der Waals surface area contributed by atoms with Crippen LogP contribution in [-0.4, -0.2) is 24.7 Å². The van der Waals surface area contributed by atoms with E-state index in [4.69, 9.17) is 21.6 Å². The van der Waals surface area contributed by atoms with E-state index in [1.165, 1.54) is 6.07 Å². The Hall–Kier alpha value is -1.31. The molecule has 1 heterocycles. The van der Waals surface area contributed by atoms with Crippen molar-refractivity contribution in [3.05, 3.63) is 22.8 Å². The average molecular weight is 240 g/mol. The van der Waals surface area contributed by atoms with Crippen molar-refractivity contribution in [3.63, 3.8) is 0 Å². The van der Waals surface area contributed by atoms with Gasteiger partial charge in [-0.15, -0.1) is 0 Å². The lowest BCUT2D eigenvalue weighted by molar-refractivity contribution is 0.184. The summed E-state index contributed by atoms with van der Waals surface area (Å²) in [6.45, 7) is 2.64. The Morgan fingerprint density at radius 3 is 2.94 bits per heavy atom. The van der Waals surface area contributed by atoms with E-state index in [-0.39, 0.29) is 6.04 Å². The fourth-order valence-corrected chi connectivity index (χ4v) is 1.52. The molecule has 4 nitrogen and oxygen atoms in total. The van der Waals surface area contributed by atoms with Crippen LogP contribution in [0.1, 0.15) is 18.9 Å². The molecule has 0 aliphatic carbocycles. The lowest BCUT2D eigenvalue weighted by atomic mass is 10.2. The van der Waals surface area contributed by atoms with Crippen LogP contribution in [0.15, 0.2) is 12.1 Å². The molecule has 1 aromatic rings. The molecule has 0 spiro atoms. The van der Waals surface area contributed by atoms with Crippen molar-refractivity contribution in [1.82, 2.24) is 4.98 Å². The van der Waals surface area contributed by atoms with Crippen molar-refractivity contribution in [2.24, 2.45) is 0 Å². The molecule has 86 valence electrons. The highest BCUT2D eigenvalue weighted by Gasteiger charge is 2.07. The number of nitrogens with zero attached hydrogens (tertiary/aromatic N) is 2. The lowest BCUT2D eigenvalue weighted by Gasteiger charge is -2.16. The minimum absolute atomic E-state index is 0.169. The maximum absolute atomic E-state index is 8.79. The third kappa shape index (κ3) is 3.69. The Bertz CT molecular complexity index is 389. The van der Waals surface area contributed by atoms with Crippen molar-refractivity contribution in [2.45, 2.75) is 19.4 Å². The largest absolute Gasteiger partial charge is 0.383 e. The Morgan fingerprint density at radius 1 is 1.62 bits per heavy atom. The molecule has 1 aromatic heterocycles. The molecular weight excluding hydrogens is 226 g/mol. The summed E-state index contributed by atoms with van der Waals surface area (Å²) in [6, 6.07) is 5.41. The SMILES string of the molecule is CCC(COC)Nc1cc(C#N)cc(Cl)n1. The molecule has 5 heteroatoms. The topological polar surface area (TPSA) is 57.9 Å².